The Labute approximate surface area is 218 Å². The van der Waals surface area contributed by atoms with Crippen molar-refractivity contribution in [3.8, 4) is 11.1 Å². The minimum absolute atomic E-state index is 0.00103. The standard InChI is InChI=1S/C27H29FN8O2/c1-13-17(10-31-25-24(13)33-27(2,3)26(25)38)16-7-14-8-19(30-11-18(14)23(29)22(16)28)32-20-9-15-5-6-35(4)21(37)12-36(15)34-20/h7-11,26,33,38H,5-6,12,29H2,1-4H3,(H,30,32,34)/t26-/m0/s1. The number of rotatable bonds is 3. The van der Waals surface area contributed by atoms with Gasteiger partial charge in [0.25, 0.3) is 0 Å². The highest BCUT2D eigenvalue weighted by molar-refractivity contribution is 5.98. The summed E-state index contributed by atoms with van der Waals surface area (Å²) in [7, 11) is 1.79. The highest BCUT2D eigenvalue weighted by Gasteiger charge is 2.40. The summed E-state index contributed by atoms with van der Waals surface area (Å²) in [5.41, 5.74) is 9.55. The molecule has 0 fully saturated rings. The molecule has 4 aromatic rings. The molecule has 38 heavy (non-hydrogen) atoms. The lowest BCUT2D eigenvalue weighted by Crippen LogP contribution is -2.32. The third-order valence-corrected chi connectivity index (χ3v) is 7.58. The Kier molecular flexibility index (Phi) is 5.32. The summed E-state index contributed by atoms with van der Waals surface area (Å²) in [4.78, 5) is 22.8. The number of anilines is 4. The fourth-order valence-corrected chi connectivity index (χ4v) is 5.19. The topological polar surface area (TPSA) is 134 Å². The molecule has 5 N–H and O–H groups in total. The van der Waals surface area contributed by atoms with Crippen molar-refractivity contribution in [3.63, 3.8) is 0 Å². The number of pyridine rings is 2. The van der Waals surface area contributed by atoms with Crippen molar-refractivity contribution >= 4 is 39.7 Å². The molecule has 0 unspecified atom stereocenters. The van der Waals surface area contributed by atoms with Crippen molar-refractivity contribution in [2.24, 2.45) is 0 Å². The minimum Gasteiger partial charge on any atom is -0.396 e. The Bertz CT molecular complexity index is 1630. The third-order valence-electron chi connectivity index (χ3n) is 7.58. The summed E-state index contributed by atoms with van der Waals surface area (Å²) < 4.78 is 17.2. The quantitative estimate of drug-likeness (QED) is 0.304. The molecule has 1 aromatic carbocycles. The zero-order valence-corrected chi connectivity index (χ0v) is 21.6. The molecule has 0 saturated heterocycles. The number of hydrogen-bond donors (Lipinski definition) is 4. The van der Waals surface area contributed by atoms with Gasteiger partial charge in [0.05, 0.1) is 22.6 Å². The van der Waals surface area contributed by atoms with E-state index >= 15 is 4.39 Å². The van der Waals surface area contributed by atoms with E-state index in [9.17, 15) is 9.90 Å². The van der Waals surface area contributed by atoms with E-state index in [4.69, 9.17) is 5.73 Å². The number of halogens is 1. The Hall–Kier alpha value is -4.25. The van der Waals surface area contributed by atoms with Crippen molar-refractivity contribution in [1.29, 1.82) is 0 Å². The van der Waals surface area contributed by atoms with E-state index in [1.807, 2.05) is 26.8 Å². The van der Waals surface area contributed by atoms with E-state index in [1.54, 1.807) is 35.0 Å². The second kappa shape index (κ2) is 8.38. The Morgan fingerprint density at radius 2 is 1.97 bits per heavy atom. The second-order valence-electron chi connectivity index (χ2n) is 10.6. The number of nitrogens with zero attached hydrogens (tertiary/aromatic N) is 5. The first-order chi connectivity index (χ1) is 18.0. The predicted molar refractivity (Wildman–Crippen MR) is 144 cm³/mol. The van der Waals surface area contributed by atoms with E-state index in [0.29, 0.717) is 57.9 Å². The van der Waals surface area contributed by atoms with Crippen LogP contribution in [0.25, 0.3) is 21.9 Å². The summed E-state index contributed by atoms with van der Waals surface area (Å²) in [6.07, 6.45) is 3.06. The van der Waals surface area contributed by atoms with E-state index in [0.717, 1.165) is 11.3 Å². The summed E-state index contributed by atoms with van der Waals surface area (Å²) >= 11 is 0. The number of amides is 1. The maximum Gasteiger partial charge on any atom is 0.244 e. The van der Waals surface area contributed by atoms with Crippen LogP contribution >= 0.6 is 0 Å². The van der Waals surface area contributed by atoms with Crippen LogP contribution in [0.2, 0.25) is 0 Å². The van der Waals surface area contributed by atoms with Crippen LogP contribution in [0.4, 0.5) is 27.4 Å². The molecule has 0 aliphatic carbocycles. The summed E-state index contributed by atoms with van der Waals surface area (Å²) in [5, 5.41) is 22.9. The molecule has 5 heterocycles. The molecule has 196 valence electrons. The fourth-order valence-electron chi connectivity index (χ4n) is 5.19. The highest BCUT2D eigenvalue weighted by Crippen LogP contribution is 2.45. The number of nitrogens with one attached hydrogen (secondary N) is 2. The van der Waals surface area contributed by atoms with Gasteiger partial charge in [0.1, 0.15) is 18.5 Å². The lowest BCUT2D eigenvalue weighted by atomic mass is 9.96. The van der Waals surface area contributed by atoms with Crippen molar-refractivity contribution in [3.05, 3.63) is 53.4 Å². The summed E-state index contributed by atoms with van der Waals surface area (Å²) in [6, 6.07) is 5.43. The Morgan fingerprint density at radius 3 is 2.76 bits per heavy atom. The molecule has 0 radical (unpaired) electrons. The smallest absolute Gasteiger partial charge is 0.244 e. The van der Waals surface area contributed by atoms with Gasteiger partial charge in [0.15, 0.2) is 11.6 Å². The molecule has 10 nitrogen and oxygen atoms in total. The highest BCUT2D eigenvalue weighted by atomic mass is 19.1. The Balaban J connectivity index is 1.37. The molecule has 3 aromatic heterocycles. The van der Waals surface area contributed by atoms with Gasteiger partial charge in [-0.05, 0) is 43.9 Å². The van der Waals surface area contributed by atoms with Crippen LogP contribution in [-0.4, -0.2) is 54.8 Å². The first kappa shape index (κ1) is 24.1. The van der Waals surface area contributed by atoms with Gasteiger partial charge in [0, 0.05) is 60.7 Å². The molecule has 0 bridgehead atoms. The van der Waals surface area contributed by atoms with Gasteiger partial charge in [-0.15, -0.1) is 0 Å². The largest absolute Gasteiger partial charge is 0.396 e. The molecule has 2 aliphatic heterocycles. The van der Waals surface area contributed by atoms with Crippen molar-refractivity contribution in [1.82, 2.24) is 24.6 Å². The number of fused-ring (bicyclic) bond motifs is 3. The molecular formula is C27H29FN8O2. The normalized spacial score (nSPS) is 18.2. The third kappa shape index (κ3) is 3.73. The lowest BCUT2D eigenvalue weighted by Gasteiger charge is -2.22. The van der Waals surface area contributed by atoms with Gasteiger partial charge in [-0.25, -0.2) is 9.37 Å². The van der Waals surface area contributed by atoms with Crippen LogP contribution in [0, 0.1) is 12.7 Å². The predicted octanol–water partition coefficient (Wildman–Crippen LogP) is 3.52. The monoisotopic (exact) mass is 516 g/mol. The number of benzene rings is 1. The van der Waals surface area contributed by atoms with E-state index < -0.39 is 17.5 Å². The zero-order chi connectivity index (χ0) is 26.9. The summed E-state index contributed by atoms with van der Waals surface area (Å²) in [6.45, 7) is 6.48. The maximum atomic E-state index is 15.5. The number of nitrogens with two attached hydrogens (primary N) is 1. The lowest BCUT2D eigenvalue weighted by molar-refractivity contribution is -0.130. The van der Waals surface area contributed by atoms with Gasteiger partial charge in [0.2, 0.25) is 5.91 Å². The van der Waals surface area contributed by atoms with Gasteiger partial charge in [-0.3, -0.25) is 14.5 Å². The van der Waals surface area contributed by atoms with E-state index in [2.05, 4.69) is 25.7 Å². The van der Waals surface area contributed by atoms with Crippen LogP contribution in [0.1, 0.15) is 36.9 Å². The molecule has 1 amide bonds. The zero-order valence-electron chi connectivity index (χ0n) is 21.6. The summed E-state index contributed by atoms with van der Waals surface area (Å²) in [5.74, 6) is 0.555. The van der Waals surface area contributed by atoms with E-state index in [1.165, 1.54) is 6.20 Å². The first-order valence-electron chi connectivity index (χ1n) is 12.4. The van der Waals surface area contributed by atoms with Gasteiger partial charge < -0.3 is 26.4 Å². The number of aromatic nitrogens is 4. The number of aliphatic hydroxyl groups is 1. The Morgan fingerprint density at radius 1 is 1.18 bits per heavy atom. The molecule has 1 atom stereocenters. The average molecular weight is 517 g/mol. The number of carbonyl (C=O) groups excluding carboxylic acids is 1. The van der Waals surface area contributed by atoms with Crippen LogP contribution < -0.4 is 16.4 Å². The molecule has 2 aliphatic rings. The van der Waals surface area contributed by atoms with Gasteiger partial charge >= 0.3 is 0 Å². The minimum atomic E-state index is -0.770. The van der Waals surface area contributed by atoms with Crippen LogP contribution in [0.15, 0.2) is 30.6 Å². The maximum absolute atomic E-state index is 15.5. The van der Waals surface area contributed by atoms with Crippen LogP contribution in [0.5, 0.6) is 0 Å². The van der Waals surface area contributed by atoms with Crippen LogP contribution in [0.3, 0.4) is 0 Å². The van der Waals surface area contributed by atoms with Gasteiger partial charge in [-0.2, -0.15) is 5.10 Å². The number of aliphatic hydroxyl groups excluding tert-OH is 1. The van der Waals surface area contributed by atoms with Crippen molar-refractivity contribution in [2.75, 3.05) is 30.0 Å². The van der Waals surface area contributed by atoms with E-state index in [-0.39, 0.29) is 18.1 Å². The molecular weight excluding hydrogens is 487 g/mol. The number of carbonyl (C=O) groups is 1. The average Bonchev–Trinajstić information content (AvgIpc) is 3.32. The molecule has 6 rings (SSSR count). The molecule has 11 heteroatoms. The second-order valence-corrected chi connectivity index (χ2v) is 10.6. The first-order valence-corrected chi connectivity index (χ1v) is 12.4. The molecule has 0 saturated carbocycles. The molecule has 0 spiro atoms. The number of likely N-dealkylation sites (N-methyl/N-ethyl adjacent to an activating group) is 1. The number of hydrogen-bond acceptors (Lipinski definition) is 8. The SMILES string of the molecule is Cc1c(-c2cc3cc(Nc4cc5n(n4)CC(=O)N(C)CC5)ncc3c(N)c2F)cnc2c1NC(C)(C)[C@H]2O. The number of nitrogen functional groups attached to an aromatic ring is 1. The van der Waals surface area contributed by atoms with Crippen molar-refractivity contribution in [2.45, 2.75) is 45.4 Å². The fraction of sp³-hybridized carbons (Fsp3) is 0.333. The van der Waals surface area contributed by atoms with Crippen LogP contribution in [-0.2, 0) is 17.8 Å². The van der Waals surface area contributed by atoms with Crippen molar-refractivity contribution < 1.29 is 14.3 Å². The van der Waals surface area contributed by atoms with Gasteiger partial charge in [-0.1, -0.05) is 0 Å².